The minimum Gasteiger partial charge on any atom is -0.348 e. The molecule has 0 saturated heterocycles. The molecule has 21 heavy (non-hydrogen) atoms. The quantitative estimate of drug-likeness (QED) is 0.891. The summed E-state index contributed by atoms with van der Waals surface area (Å²) in [5, 5.41) is 5.92. The van der Waals surface area contributed by atoms with E-state index < -0.39 is 5.54 Å². The van der Waals surface area contributed by atoms with Crippen molar-refractivity contribution >= 4 is 11.8 Å². The molecule has 1 unspecified atom stereocenters. The zero-order valence-electron chi connectivity index (χ0n) is 12.7. The molecule has 0 bridgehead atoms. The Morgan fingerprint density at radius 3 is 2.38 bits per heavy atom. The van der Waals surface area contributed by atoms with Gasteiger partial charge in [0.1, 0.15) is 5.54 Å². The third-order valence-corrected chi connectivity index (χ3v) is 4.11. The monoisotopic (exact) mass is 289 g/mol. The lowest BCUT2D eigenvalue weighted by Crippen LogP contribution is -2.59. The molecule has 1 aromatic heterocycles. The van der Waals surface area contributed by atoms with Gasteiger partial charge in [-0.05, 0) is 37.5 Å². The van der Waals surface area contributed by atoms with E-state index in [2.05, 4.69) is 15.6 Å². The largest absolute Gasteiger partial charge is 0.348 e. The van der Waals surface area contributed by atoms with Crippen molar-refractivity contribution in [3.8, 4) is 0 Å². The third kappa shape index (κ3) is 3.80. The van der Waals surface area contributed by atoms with E-state index in [1.54, 1.807) is 12.4 Å². The fraction of sp³-hybridized carbons (Fsp3) is 0.562. The Balaban J connectivity index is 2.09. The second kappa shape index (κ2) is 6.70. The van der Waals surface area contributed by atoms with Gasteiger partial charge in [-0.1, -0.05) is 19.3 Å². The molecule has 114 valence electrons. The van der Waals surface area contributed by atoms with Crippen LogP contribution in [0.15, 0.2) is 24.5 Å². The molecule has 0 spiro atoms. The van der Waals surface area contributed by atoms with E-state index in [1.165, 1.54) is 6.92 Å². The summed E-state index contributed by atoms with van der Waals surface area (Å²) in [6.07, 6.45) is 7.90. The lowest BCUT2D eigenvalue weighted by molar-refractivity contribution is -0.134. The maximum Gasteiger partial charge on any atom is 0.246 e. The second-order valence-corrected chi connectivity index (χ2v) is 5.80. The van der Waals surface area contributed by atoms with Crippen LogP contribution >= 0.6 is 0 Å². The summed E-state index contributed by atoms with van der Waals surface area (Å²) < 4.78 is 0. The number of nitrogens with one attached hydrogen (secondary N) is 2. The Bertz CT molecular complexity index is 496. The van der Waals surface area contributed by atoms with Gasteiger partial charge in [0, 0.05) is 19.3 Å². The molecule has 1 saturated carbocycles. The average molecular weight is 289 g/mol. The summed E-state index contributed by atoms with van der Waals surface area (Å²) in [5.41, 5.74) is 0.262. The summed E-state index contributed by atoms with van der Waals surface area (Å²) in [6, 6.07) is 3.67. The van der Waals surface area contributed by atoms with E-state index in [1.807, 2.05) is 19.1 Å². The minimum atomic E-state index is -0.745. The summed E-state index contributed by atoms with van der Waals surface area (Å²) in [7, 11) is 0. The topological polar surface area (TPSA) is 71.1 Å². The summed E-state index contributed by atoms with van der Waals surface area (Å²) >= 11 is 0. The standard InChI is InChI=1S/C16H23N3O2/c1-12(14-6-10-17-11-7-14)18-15(21)16(19-13(2)20)8-4-3-5-9-16/h6-7,10-12H,3-5,8-9H2,1-2H3,(H,18,21)(H,19,20). The maximum absolute atomic E-state index is 12.7. The predicted molar refractivity (Wildman–Crippen MR) is 80.4 cm³/mol. The lowest BCUT2D eigenvalue weighted by Gasteiger charge is -2.37. The second-order valence-electron chi connectivity index (χ2n) is 5.80. The molecule has 1 heterocycles. The first-order valence-corrected chi connectivity index (χ1v) is 7.53. The van der Waals surface area contributed by atoms with Gasteiger partial charge in [0.25, 0.3) is 0 Å². The Morgan fingerprint density at radius 1 is 1.19 bits per heavy atom. The number of hydrogen-bond donors (Lipinski definition) is 2. The fourth-order valence-corrected chi connectivity index (χ4v) is 2.97. The van der Waals surface area contributed by atoms with Gasteiger partial charge in [-0.3, -0.25) is 14.6 Å². The number of nitrogens with zero attached hydrogens (tertiary/aromatic N) is 1. The van der Waals surface area contributed by atoms with Gasteiger partial charge >= 0.3 is 0 Å². The average Bonchev–Trinajstić information content (AvgIpc) is 2.48. The van der Waals surface area contributed by atoms with Gasteiger partial charge in [0.2, 0.25) is 11.8 Å². The van der Waals surface area contributed by atoms with Gasteiger partial charge in [-0.25, -0.2) is 0 Å². The van der Waals surface area contributed by atoms with Crippen LogP contribution in [0, 0.1) is 0 Å². The molecule has 2 N–H and O–H groups in total. The summed E-state index contributed by atoms with van der Waals surface area (Å²) in [4.78, 5) is 28.2. The molecular formula is C16H23N3O2. The molecule has 1 aliphatic carbocycles. The number of aromatic nitrogens is 1. The number of amides is 2. The zero-order valence-corrected chi connectivity index (χ0v) is 12.7. The molecule has 1 aromatic rings. The van der Waals surface area contributed by atoms with Gasteiger partial charge in [-0.15, -0.1) is 0 Å². The van der Waals surface area contributed by atoms with Crippen LogP contribution in [-0.2, 0) is 9.59 Å². The van der Waals surface area contributed by atoms with Crippen LogP contribution in [0.25, 0.3) is 0 Å². The molecule has 1 aliphatic rings. The van der Waals surface area contributed by atoms with Crippen molar-refractivity contribution in [2.75, 3.05) is 0 Å². The van der Waals surface area contributed by atoms with Crippen molar-refractivity contribution in [1.82, 2.24) is 15.6 Å². The molecular weight excluding hydrogens is 266 g/mol. The Kier molecular flexibility index (Phi) is 4.94. The van der Waals surface area contributed by atoms with Crippen LogP contribution in [0.1, 0.15) is 57.6 Å². The van der Waals surface area contributed by atoms with E-state index >= 15 is 0 Å². The van der Waals surface area contributed by atoms with Crippen molar-refractivity contribution in [2.45, 2.75) is 57.5 Å². The first-order chi connectivity index (χ1) is 10.0. The molecule has 5 heteroatoms. The van der Waals surface area contributed by atoms with Crippen LogP contribution in [0.3, 0.4) is 0 Å². The van der Waals surface area contributed by atoms with Gasteiger partial charge in [0.15, 0.2) is 0 Å². The third-order valence-electron chi connectivity index (χ3n) is 4.11. The van der Waals surface area contributed by atoms with E-state index in [0.29, 0.717) is 12.8 Å². The maximum atomic E-state index is 12.7. The number of carbonyl (C=O) groups excluding carboxylic acids is 2. The van der Waals surface area contributed by atoms with Crippen LogP contribution in [0.4, 0.5) is 0 Å². The first kappa shape index (κ1) is 15.5. The van der Waals surface area contributed by atoms with Crippen molar-refractivity contribution < 1.29 is 9.59 Å². The molecule has 0 aliphatic heterocycles. The molecule has 5 nitrogen and oxygen atoms in total. The number of pyridine rings is 1. The van der Waals surface area contributed by atoms with Crippen molar-refractivity contribution in [1.29, 1.82) is 0 Å². The van der Waals surface area contributed by atoms with Crippen LogP contribution in [0.5, 0.6) is 0 Å². The number of rotatable bonds is 4. The summed E-state index contributed by atoms with van der Waals surface area (Å²) in [6.45, 7) is 3.41. The Labute approximate surface area is 125 Å². The fourth-order valence-electron chi connectivity index (χ4n) is 2.97. The molecule has 0 radical (unpaired) electrons. The van der Waals surface area contributed by atoms with Crippen molar-refractivity contribution in [2.24, 2.45) is 0 Å². The van der Waals surface area contributed by atoms with Gasteiger partial charge < -0.3 is 10.6 Å². The van der Waals surface area contributed by atoms with E-state index in [-0.39, 0.29) is 17.9 Å². The summed E-state index contributed by atoms with van der Waals surface area (Å²) in [5.74, 6) is -0.231. The molecule has 1 atom stereocenters. The van der Waals surface area contributed by atoms with Crippen LogP contribution < -0.4 is 10.6 Å². The Hall–Kier alpha value is -1.91. The van der Waals surface area contributed by atoms with Gasteiger partial charge in [-0.2, -0.15) is 0 Å². The van der Waals surface area contributed by atoms with Crippen molar-refractivity contribution in [3.63, 3.8) is 0 Å². The highest BCUT2D eigenvalue weighted by molar-refractivity contribution is 5.91. The van der Waals surface area contributed by atoms with Crippen LogP contribution in [-0.4, -0.2) is 22.3 Å². The highest BCUT2D eigenvalue weighted by atomic mass is 16.2. The van der Waals surface area contributed by atoms with E-state index in [9.17, 15) is 9.59 Å². The van der Waals surface area contributed by atoms with Crippen molar-refractivity contribution in [3.05, 3.63) is 30.1 Å². The molecule has 1 fully saturated rings. The molecule has 2 rings (SSSR count). The normalized spacial score (nSPS) is 18.6. The number of carbonyl (C=O) groups is 2. The molecule has 0 aromatic carbocycles. The zero-order chi connectivity index (χ0) is 15.3. The van der Waals surface area contributed by atoms with Gasteiger partial charge in [0.05, 0.1) is 6.04 Å². The SMILES string of the molecule is CC(=O)NC1(C(=O)NC(C)c2ccncc2)CCCCC1. The number of hydrogen-bond acceptors (Lipinski definition) is 3. The van der Waals surface area contributed by atoms with E-state index in [0.717, 1.165) is 24.8 Å². The highest BCUT2D eigenvalue weighted by Gasteiger charge is 2.40. The highest BCUT2D eigenvalue weighted by Crippen LogP contribution is 2.29. The van der Waals surface area contributed by atoms with Crippen LogP contribution in [0.2, 0.25) is 0 Å². The predicted octanol–water partition coefficient (Wildman–Crippen LogP) is 2.10. The first-order valence-electron chi connectivity index (χ1n) is 7.53. The Morgan fingerprint density at radius 2 is 1.81 bits per heavy atom. The molecule has 2 amide bonds. The lowest BCUT2D eigenvalue weighted by atomic mass is 9.80. The minimum absolute atomic E-state index is 0.0817. The van der Waals surface area contributed by atoms with E-state index in [4.69, 9.17) is 0 Å². The smallest absolute Gasteiger partial charge is 0.246 e.